The van der Waals surface area contributed by atoms with Gasteiger partial charge in [0.15, 0.2) is 11.5 Å². The number of benzene rings is 1. The second-order valence-corrected chi connectivity index (χ2v) is 5.21. The molecule has 0 aliphatic carbocycles. The largest absolute Gasteiger partial charge is 0.490 e. The maximum atomic E-state index is 12.3. The van der Waals surface area contributed by atoms with Crippen molar-refractivity contribution in [3.63, 3.8) is 0 Å². The van der Waals surface area contributed by atoms with E-state index in [0.717, 1.165) is 4.90 Å². The minimum absolute atomic E-state index is 0.126. The SMILES string of the molecule is CCOc1cc(/C=C2\N=C(C)N(CC(=O)O)C2=O)ccc1OC(C)=O. The van der Waals surface area contributed by atoms with Gasteiger partial charge in [-0.2, -0.15) is 0 Å². The molecule has 0 radical (unpaired) electrons. The first kappa shape index (κ1) is 18.2. The smallest absolute Gasteiger partial charge is 0.323 e. The van der Waals surface area contributed by atoms with Crippen molar-refractivity contribution in [1.82, 2.24) is 4.90 Å². The Hall–Kier alpha value is -3.16. The number of amidine groups is 1. The van der Waals surface area contributed by atoms with Crippen molar-refractivity contribution < 1.29 is 29.0 Å². The lowest BCUT2D eigenvalue weighted by molar-refractivity contribution is -0.140. The van der Waals surface area contributed by atoms with Gasteiger partial charge in [-0.15, -0.1) is 0 Å². The predicted molar refractivity (Wildman–Crippen MR) is 89.4 cm³/mol. The number of aliphatic carboxylic acids is 1. The summed E-state index contributed by atoms with van der Waals surface area (Å²) >= 11 is 0. The molecule has 1 aliphatic heterocycles. The maximum absolute atomic E-state index is 12.3. The fourth-order valence-electron chi connectivity index (χ4n) is 2.26. The van der Waals surface area contributed by atoms with Crippen molar-refractivity contribution in [3.8, 4) is 11.5 Å². The van der Waals surface area contributed by atoms with E-state index in [1.54, 1.807) is 32.0 Å². The van der Waals surface area contributed by atoms with Crippen molar-refractivity contribution >= 4 is 29.8 Å². The van der Waals surface area contributed by atoms with Gasteiger partial charge in [0.1, 0.15) is 18.1 Å². The minimum Gasteiger partial charge on any atom is -0.490 e. The van der Waals surface area contributed by atoms with Crippen LogP contribution in [0.25, 0.3) is 6.08 Å². The number of aliphatic imine (C=N–C) groups is 1. The van der Waals surface area contributed by atoms with E-state index in [2.05, 4.69) is 4.99 Å². The van der Waals surface area contributed by atoms with Crippen molar-refractivity contribution in [2.45, 2.75) is 20.8 Å². The molecule has 2 rings (SSSR count). The lowest BCUT2D eigenvalue weighted by atomic mass is 10.1. The fraction of sp³-hybridized carbons (Fsp3) is 0.294. The normalized spacial score (nSPS) is 15.3. The summed E-state index contributed by atoms with van der Waals surface area (Å²) in [5.41, 5.74) is 0.734. The van der Waals surface area contributed by atoms with Gasteiger partial charge in [0, 0.05) is 6.92 Å². The standard InChI is InChI=1S/C17H18N2O6/c1-4-24-15-8-12(5-6-14(15)25-11(3)20)7-13-17(23)19(9-16(21)22)10(2)18-13/h5-8H,4,9H2,1-3H3,(H,21,22)/b13-7-. The van der Waals surface area contributed by atoms with Crippen LogP contribution >= 0.6 is 0 Å². The molecule has 0 spiro atoms. The average Bonchev–Trinajstić information content (AvgIpc) is 2.77. The Kier molecular flexibility index (Phi) is 5.53. The summed E-state index contributed by atoms with van der Waals surface area (Å²) in [5.74, 6) is -1.11. The van der Waals surface area contributed by atoms with Gasteiger partial charge in [0.25, 0.3) is 5.91 Å². The highest BCUT2D eigenvalue weighted by molar-refractivity contribution is 6.14. The summed E-state index contributed by atoms with van der Waals surface area (Å²) in [6.45, 7) is 4.58. The van der Waals surface area contributed by atoms with Crippen LogP contribution in [0.5, 0.6) is 11.5 Å². The second kappa shape index (κ2) is 7.61. The maximum Gasteiger partial charge on any atom is 0.323 e. The molecule has 0 atom stereocenters. The molecule has 8 nitrogen and oxygen atoms in total. The third kappa shape index (κ3) is 4.43. The van der Waals surface area contributed by atoms with Crippen LogP contribution < -0.4 is 9.47 Å². The van der Waals surface area contributed by atoms with E-state index in [9.17, 15) is 14.4 Å². The van der Waals surface area contributed by atoms with Gasteiger partial charge in [-0.3, -0.25) is 19.3 Å². The second-order valence-electron chi connectivity index (χ2n) is 5.21. The number of nitrogens with zero attached hydrogens (tertiary/aromatic N) is 2. The van der Waals surface area contributed by atoms with Crippen LogP contribution in [-0.2, 0) is 14.4 Å². The zero-order chi connectivity index (χ0) is 18.6. The molecule has 1 amide bonds. The van der Waals surface area contributed by atoms with Gasteiger partial charge in [0.2, 0.25) is 0 Å². The van der Waals surface area contributed by atoms with Crippen LogP contribution in [0.15, 0.2) is 28.9 Å². The Balaban J connectivity index is 2.31. The number of esters is 1. The molecule has 0 fully saturated rings. The number of rotatable bonds is 6. The highest BCUT2D eigenvalue weighted by atomic mass is 16.6. The molecule has 1 aromatic carbocycles. The van der Waals surface area contributed by atoms with Gasteiger partial charge < -0.3 is 14.6 Å². The van der Waals surface area contributed by atoms with Crippen LogP contribution in [0.4, 0.5) is 0 Å². The third-order valence-electron chi connectivity index (χ3n) is 3.26. The summed E-state index contributed by atoms with van der Waals surface area (Å²) in [5, 5.41) is 8.86. The van der Waals surface area contributed by atoms with Crippen molar-refractivity contribution in [2.75, 3.05) is 13.2 Å². The number of amides is 1. The predicted octanol–water partition coefficient (Wildman–Crippen LogP) is 1.70. The summed E-state index contributed by atoms with van der Waals surface area (Å²) in [4.78, 5) is 39.4. The van der Waals surface area contributed by atoms with Gasteiger partial charge in [0.05, 0.1) is 6.61 Å². The number of ether oxygens (including phenoxy) is 2. The molecule has 1 N–H and O–H groups in total. The molecule has 0 saturated heterocycles. The summed E-state index contributed by atoms with van der Waals surface area (Å²) < 4.78 is 10.5. The quantitative estimate of drug-likeness (QED) is 0.477. The topological polar surface area (TPSA) is 106 Å². The number of carboxylic acid groups (broad SMARTS) is 1. The monoisotopic (exact) mass is 346 g/mol. The van der Waals surface area contributed by atoms with Crippen LogP contribution in [0.1, 0.15) is 26.3 Å². The lowest BCUT2D eigenvalue weighted by Crippen LogP contribution is -2.35. The number of carboxylic acids is 1. The highest BCUT2D eigenvalue weighted by Gasteiger charge is 2.29. The Morgan fingerprint density at radius 2 is 2.04 bits per heavy atom. The van der Waals surface area contributed by atoms with Crippen molar-refractivity contribution in [2.24, 2.45) is 4.99 Å². The van der Waals surface area contributed by atoms with Crippen LogP contribution in [0.3, 0.4) is 0 Å². The van der Waals surface area contributed by atoms with Crippen LogP contribution in [0, 0.1) is 0 Å². The number of carbonyl (C=O) groups excluding carboxylic acids is 2. The molecule has 0 bridgehead atoms. The van der Waals surface area contributed by atoms with Gasteiger partial charge >= 0.3 is 11.9 Å². The van der Waals surface area contributed by atoms with Gasteiger partial charge in [-0.1, -0.05) is 6.07 Å². The average molecular weight is 346 g/mol. The Labute approximate surface area is 144 Å². The summed E-state index contributed by atoms with van der Waals surface area (Å²) in [7, 11) is 0. The van der Waals surface area contributed by atoms with Gasteiger partial charge in [-0.05, 0) is 37.6 Å². The van der Waals surface area contributed by atoms with E-state index < -0.39 is 24.4 Å². The zero-order valence-corrected chi connectivity index (χ0v) is 14.1. The van der Waals surface area contributed by atoms with E-state index in [1.165, 1.54) is 13.0 Å². The number of carbonyl (C=O) groups is 3. The molecular formula is C17H18N2O6. The van der Waals surface area contributed by atoms with E-state index in [0.29, 0.717) is 23.8 Å². The van der Waals surface area contributed by atoms with Gasteiger partial charge in [-0.25, -0.2) is 4.99 Å². The summed E-state index contributed by atoms with van der Waals surface area (Å²) in [6, 6.07) is 4.82. The molecule has 1 aromatic rings. The Bertz CT molecular complexity index is 781. The minimum atomic E-state index is -1.12. The Morgan fingerprint density at radius 1 is 1.32 bits per heavy atom. The molecule has 25 heavy (non-hydrogen) atoms. The number of hydrogen-bond acceptors (Lipinski definition) is 6. The molecule has 8 heteroatoms. The summed E-state index contributed by atoms with van der Waals surface area (Å²) in [6.07, 6.45) is 1.52. The fourth-order valence-corrected chi connectivity index (χ4v) is 2.26. The zero-order valence-electron chi connectivity index (χ0n) is 14.1. The highest BCUT2D eigenvalue weighted by Crippen LogP contribution is 2.30. The molecule has 0 saturated carbocycles. The molecule has 132 valence electrons. The molecule has 1 aliphatic rings. The molecule has 0 aromatic heterocycles. The molecule has 1 heterocycles. The Morgan fingerprint density at radius 3 is 2.64 bits per heavy atom. The van der Waals surface area contributed by atoms with Crippen molar-refractivity contribution in [1.29, 1.82) is 0 Å². The third-order valence-corrected chi connectivity index (χ3v) is 3.26. The first-order chi connectivity index (χ1) is 11.8. The van der Waals surface area contributed by atoms with E-state index in [4.69, 9.17) is 14.6 Å². The first-order valence-electron chi connectivity index (χ1n) is 7.57. The van der Waals surface area contributed by atoms with E-state index >= 15 is 0 Å². The van der Waals surface area contributed by atoms with Crippen molar-refractivity contribution in [3.05, 3.63) is 29.5 Å². The lowest BCUT2D eigenvalue weighted by Gasteiger charge is -2.12. The molecule has 0 unspecified atom stereocenters. The van der Waals surface area contributed by atoms with Crippen LogP contribution in [0.2, 0.25) is 0 Å². The molecular weight excluding hydrogens is 328 g/mol. The first-order valence-corrected chi connectivity index (χ1v) is 7.57. The van der Waals surface area contributed by atoms with Crippen LogP contribution in [-0.4, -0.2) is 46.8 Å². The number of hydrogen-bond donors (Lipinski definition) is 1. The van der Waals surface area contributed by atoms with E-state index in [1.807, 2.05) is 0 Å². The van der Waals surface area contributed by atoms with E-state index in [-0.39, 0.29) is 11.4 Å².